The quantitative estimate of drug-likeness (QED) is 0.705. The van der Waals surface area contributed by atoms with Gasteiger partial charge < -0.3 is 4.90 Å². The van der Waals surface area contributed by atoms with E-state index in [1.807, 2.05) is 18.7 Å². The number of halogens is 2. The maximum absolute atomic E-state index is 11.8. The summed E-state index contributed by atoms with van der Waals surface area (Å²) in [4.78, 5) is 12.8. The van der Waals surface area contributed by atoms with Crippen LogP contribution >= 0.6 is 23.2 Å². The Hall–Kier alpha value is 0.0500. The van der Waals surface area contributed by atoms with Crippen LogP contribution in [0.3, 0.4) is 0 Å². The molecule has 0 atom stereocenters. The lowest BCUT2D eigenvalue weighted by Gasteiger charge is -2.37. The maximum Gasteiger partial charge on any atom is 0.256 e. The minimum Gasteiger partial charge on any atom is -0.335 e. The fraction of sp³-hybridized carbons (Fsp3) is 0.909. The van der Waals surface area contributed by atoms with Crippen LogP contribution in [0.25, 0.3) is 0 Å². The molecule has 0 aliphatic heterocycles. The van der Waals surface area contributed by atoms with E-state index in [0.717, 1.165) is 12.8 Å². The van der Waals surface area contributed by atoms with Gasteiger partial charge in [-0.25, -0.2) is 0 Å². The van der Waals surface area contributed by atoms with Crippen LogP contribution in [0, 0.1) is 0 Å². The average molecular weight is 252 g/mol. The first-order valence-corrected chi connectivity index (χ1v) is 6.51. The van der Waals surface area contributed by atoms with Gasteiger partial charge >= 0.3 is 0 Å². The summed E-state index contributed by atoms with van der Waals surface area (Å²) in [6, 6.07) is 0.520. The van der Waals surface area contributed by atoms with Crippen molar-refractivity contribution in [2.75, 3.05) is 0 Å². The zero-order valence-electron chi connectivity index (χ0n) is 9.38. The Morgan fingerprint density at radius 3 is 2.13 bits per heavy atom. The molecule has 1 fully saturated rings. The van der Waals surface area contributed by atoms with Crippen LogP contribution in [0.4, 0.5) is 0 Å². The smallest absolute Gasteiger partial charge is 0.256 e. The largest absolute Gasteiger partial charge is 0.335 e. The van der Waals surface area contributed by atoms with Crippen molar-refractivity contribution in [3.8, 4) is 0 Å². The van der Waals surface area contributed by atoms with Crippen molar-refractivity contribution in [2.24, 2.45) is 0 Å². The van der Waals surface area contributed by atoms with E-state index >= 15 is 0 Å². The number of carbonyl (C=O) groups excluding carboxylic acids is 1. The number of alkyl halides is 2. The molecule has 0 saturated heterocycles. The summed E-state index contributed by atoms with van der Waals surface area (Å²) < 4.78 is 0. The third kappa shape index (κ3) is 3.53. The Morgan fingerprint density at radius 1 is 1.20 bits per heavy atom. The third-order valence-electron chi connectivity index (χ3n) is 2.97. The molecule has 1 aliphatic rings. The molecule has 0 aromatic carbocycles. The fourth-order valence-corrected chi connectivity index (χ4v) is 2.55. The number of nitrogens with zero attached hydrogens (tertiary/aromatic N) is 1. The topological polar surface area (TPSA) is 20.3 Å². The van der Waals surface area contributed by atoms with E-state index in [4.69, 9.17) is 23.2 Å². The van der Waals surface area contributed by atoms with Crippen molar-refractivity contribution < 1.29 is 4.79 Å². The van der Waals surface area contributed by atoms with Crippen LogP contribution in [0.5, 0.6) is 0 Å². The molecule has 0 N–H and O–H groups in total. The minimum atomic E-state index is -0.922. The highest BCUT2D eigenvalue weighted by Crippen LogP contribution is 2.25. The highest BCUT2D eigenvalue weighted by Gasteiger charge is 2.30. The zero-order valence-corrected chi connectivity index (χ0v) is 10.9. The van der Waals surface area contributed by atoms with Gasteiger partial charge in [0.05, 0.1) is 0 Å². The number of rotatable bonds is 3. The zero-order chi connectivity index (χ0) is 11.4. The summed E-state index contributed by atoms with van der Waals surface area (Å²) >= 11 is 11.3. The summed E-state index contributed by atoms with van der Waals surface area (Å²) in [5.74, 6) is -0.139. The normalized spacial score (nSPS) is 18.5. The van der Waals surface area contributed by atoms with Gasteiger partial charge in [-0.15, -0.1) is 0 Å². The van der Waals surface area contributed by atoms with Gasteiger partial charge in [0.15, 0.2) is 4.84 Å². The van der Waals surface area contributed by atoms with Gasteiger partial charge in [-0.3, -0.25) is 4.79 Å². The lowest BCUT2D eigenvalue weighted by atomic mass is 9.93. The molecule has 1 aliphatic carbocycles. The molecule has 4 heteroatoms. The lowest BCUT2D eigenvalue weighted by molar-refractivity contribution is -0.134. The second-order valence-electron chi connectivity index (χ2n) is 4.43. The van der Waals surface area contributed by atoms with Crippen LogP contribution in [0.1, 0.15) is 46.0 Å². The minimum absolute atomic E-state index is 0.139. The van der Waals surface area contributed by atoms with Crippen LogP contribution in [0.2, 0.25) is 0 Å². The molecule has 0 spiro atoms. The molecular formula is C11H19Cl2NO. The molecule has 1 amide bonds. The van der Waals surface area contributed by atoms with Gasteiger partial charge in [-0.05, 0) is 26.7 Å². The Labute approximate surface area is 102 Å². The Kier molecular flexibility index (Phi) is 5.20. The van der Waals surface area contributed by atoms with Gasteiger partial charge in [-0.2, -0.15) is 0 Å². The summed E-state index contributed by atoms with van der Waals surface area (Å²) in [5.41, 5.74) is 0. The number of hydrogen-bond donors (Lipinski definition) is 0. The van der Waals surface area contributed by atoms with Crippen LogP contribution in [-0.2, 0) is 4.79 Å². The first-order valence-electron chi connectivity index (χ1n) is 5.64. The summed E-state index contributed by atoms with van der Waals surface area (Å²) in [6.07, 6.45) is 5.86. The number of amides is 1. The van der Waals surface area contributed by atoms with Crippen molar-refractivity contribution >= 4 is 29.1 Å². The van der Waals surface area contributed by atoms with Gasteiger partial charge in [0, 0.05) is 12.1 Å². The van der Waals surface area contributed by atoms with Gasteiger partial charge in [-0.1, -0.05) is 42.5 Å². The monoisotopic (exact) mass is 251 g/mol. The van der Waals surface area contributed by atoms with Crippen LogP contribution in [0.15, 0.2) is 0 Å². The molecule has 0 heterocycles. The Morgan fingerprint density at radius 2 is 1.73 bits per heavy atom. The van der Waals surface area contributed by atoms with E-state index in [0.29, 0.717) is 6.04 Å². The van der Waals surface area contributed by atoms with Crippen molar-refractivity contribution in [1.29, 1.82) is 0 Å². The van der Waals surface area contributed by atoms with Crippen molar-refractivity contribution in [1.82, 2.24) is 4.90 Å². The molecule has 2 nitrogen and oxygen atoms in total. The molecule has 1 rings (SSSR count). The van der Waals surface area contributed by atoms with Crippen LogP contribution in [-0.4, -0.2) is 27.7 Å². The average Bonchev–Trinajstić information content (AvgIpc) is 2.18. The van der Waals surface area contributed by atoms with E-state index < -0.39 is 4.84 Å². The second kappa shape index (κ2) is 5.95. The lowest BCUT2D eigenvalue weighted by Crippen LogP contribution is -2.47. The molecule has 0 bridgehead atoms. The van der Waals surface area contributed by atoms with E-state index in [2.05, 4.69) is 0 Å². The van der Waals surface area contributed by atoms with Crippen LogP contribution < -0.4 is 0 Å². The first-order chi connectivity index (χ1) is 7.04. The highest BCUT2D eigenvalue weighted by molar-refractivity contribution is 6.53. The molecule has 0 aromatic heterocycles. The fourth-order valence-electron chi connectivity index (χ4n) is 2.33. The van der Waals surface area contributed by atoms with Gasteiger partial charge in [0.25, 0.3) is 5.91 Å². The SMILES string of the molecule is CC(C)N(C(=O)C(Cl)Cl)C1CCCCC1. The van der Waals surface area contributed by atoms with Crippen molar-refractivity contribution in [2.45, 2.75) is 62.9 Å². The molecule has 88 valence electrons. The predicted molar refractivity (Wildman–Crippen MR) is 64.3 cm³/mol. The van der Waals surface area contributed by atoms with Crippen molar-refractivity contribution in [3.05, 3.63) is 0 Å². The Bertz CT molecular complexity index is 213. The first kappa shape index (κ1) is 13.1. The number of carbonyl (C=O) groups is 1. The summed E-state index contributed by atoms with van der Waals surface area (Å²) in [5, 5.41) is 0. The van der Waals surface area contributed by atoms with Gasteiger partial charge in [0.1, 0.15) is 0 Å². The maximum atomic E-state index is 11.8. The molecule has 0 radical (unpaired) electrons. The van der Waals surface area contributed by atoms with E-state index in [1.165, 1.54) is 19.3 Å². The predicted octanol–water partition coefficient (Wildman–Crippen LogP) is 3.36. The van der Waals surface area contributed by atoms with E-state index in [9.17, 15) is 4.79 Å². The number of hydrogen-bond acceptors (Lipinski definition) is 1. The molecular weight excluding hydrogens is 233 g/mol. The highest BCUT2D eigenvalue weighted by atomic mass is 35.5. The summed E-state index contributed by atoms with van der Waals surface area (Å²) in [7, 11) is 0. The van der Waals surface area contributed by atoms with Gasteiger partial charge in [0.2, 0.25) is 0 Å². The third-order valence-corrected chi connectivity index (χ3v) is 3.34. The Balaban J connectivity index is 2.67. The standard InChI is InChI=1S/C11H19Cl2NO/c1-8(2)14(11(15)10(12)13)9-6-4-3-5-7-9/h8-10H,3-7H2,1-2H3. The van der Waals surface area contributed by atoms with Crippen molar-refractivity contribution in [3.63, 3.8) is 0 Å². The molecule has 1 saturated carbocycles. The molecule has 0 aromatic rings. The second-order valence-corrected chi connectivity index (χ2v) is 5.53. The van der Waals surface area contributed by atoms with E-state index in [-0.39, 0.29) is 11.9 Å². The molecule has 15 heavy (non-hydrogen) atoms. The summed E-state index contributed by atoms with van der Waals surface area (Å²) in [6.45, 7) is 4.03. The van der Waals surface area contributed by atoms with E-state index in [1.54, 1.807) is 0 Å². The molecule has 0 unspecified atom stereocenters.